The molecule has 4 atom stereocenters. The van der Waals surface area contributed by atoms with Gasteiger partial charge >= 0.3 is 0 Å². The molecule has 3 aromatic carbocycles. The topological polar surface area (TPSA) is 75.7 Å². The maximum absolute atomic E-state index is 11.4. The molecule has 194 valence electrons. The summed E-state index contributed by atoms with van der Waals surface area (Å²) >= 11 is 0. The van der Waals surface area contributed by atoms with Crippen molar-refractivity contribution in [1.82, 2.24) is 0 Å². The fourth-order valence-electron chi connectivity index (χ4n) is 5.95. The largest absolute Gasteiger partial charge is 0.411 e. The zero-order valence-electron chi connectivity index (χ0n) is 21.7. The van der Waals surface area contributed by atoms with Crippen LogP contribution in [0.1, 0.15) is 92.2 Å². The van der Waals surface area contributed by atoms with Gasteiger partial charge in [0.1, 0.15) is 5.78 Å². The molecule has 4 heteroatoms. The number of hydrogen-bond acceptors (Lipinski definition) is 4. The van der Waals surface area contributed by atoms with Gasteiger partial charge in [0.05, 0.1) is 5.71 Å². The summed E-state index contributed by atoms with van der Waals surface area (Å²) in [6.07, 6.45) is 9.84. The highest BCUT2D eigenvalue weighted by Gasteiger charge is 2.26. The first-order valence-corrected chi connectivity index (χ1v) is 13.8. The van der Waals surface area contributed by atoms with E-state index in [0.717, 1.165) is 44.2 Å². The van der Waals surface area contributed by atoms with E-state index in [-0.39, 0.29) is 5.92 Å². The average Bonchev–Trinajstić information content (AvgIpc) is 3.72. The van der Waals surface area contributed by atoms with Gasteiger partial charge in [0.2, 0.25) is 0 Å². The number of carbonyl (C=O) groups excluding carboxylic acids is 1. The Hall–Kier alpha value is -3.24. The van der Waals surface area contributed by atoms with E-state index in [4.69, 9.17) is 10.9 Å². The molecule has 3 saturated carbocycles. The quantitative estimate of drug-likeness (QED) is 0.290. The number of nitrogens with zero attached hydrogens (tertiary/aromatic N) is 1. The second-order valence-electron chi connectivity index (χ2n) is 10.4. The van der Waals surface area contributed by atoms with Gasteiger partial charge in [-0.05, 0) is 67.6 Å². The highest BCUT2D eigenvalue weighted by molar-refractivity contribution is 5.92. The van der Waals surface area contributed by atoms with Gasteiger partial charge in [-0.3, -0.25) is 4.79 Å². The number of benzene rings is 3. The third kappa shape index (κ3) is 7.39. The second kappa shape index (κ2) is 13.9. The maximum Gasteiger partial charge on any atom is 0.140 e. The smallest absolute Gasteiger partial charge is 0.140 e. The van der Waals surface area contributed by atoms with Crippen molar-refractivity contribution in [1.29, 1.82) is 0 Å². The number of nitrogens with two attached hydrogens (primary N) is 1. The molecule has 0 spiro atoms. The Bertz CT molecular complexity index is 1110. The van der Waals surface area contributed by atoms with Crippen LogP contribution in [0.3, 0.4) is 0 Å². The second-order valence-corrected chi connectivity index (χ2v) is 10.4. The van der Waals surface area contributed by atoms with Crippen LogP contribution >= 0.6 is 0 Å². The lowest BCUT2D eigenvalue weighted by Gasteiger charge is -2.14. The van der Waals surface area contributed by atoms with E-state index in [1.54, 1.807) is 0 Å². The summed E-state index contributed by atoms with van der Waals surface area (Å²) in [7, 11) is 0. The van der Waals surface area contributed by atoms with E-state index in [1.807, 2.05) is 48.5 Å². The molecular weight excluding hydrogens is 456 g/mol. The monoisotopic (exact) mass is 496 g/mol. The molecule has 3 fully saturated rings. The zero-order chi connectivity index (χ0) is 25.9. The SMILES string of the molecule is N[C@@H]1CCC[C@@H]1c1ccccc1.O/N=C1\CCCC1c1ccccc1.O=C1CCCC1c1ccccc1. The van der Waals surface area contributed by atoms with Gasteiger partial charge in [-0.25, -0.2) is 0 Å². The van der Waals surface area contributed by atoms with E-state index in [0.29, 0.717) is 23.7 Å². The Morgan fingerprint density at radius 1 is 0.622 bits per heavy atom. The molecule has 0 aliphatic heterocycles. The summed E-state index contributed by atoms with van der Waals surface area (Å²) in [6.45, 7) is 0. The van der Waals surface area contributed by atoms with Gasteiger partial charge in [0.25, 0.3) is 0 Å². The molecule has 3 aliphatic rings. The zero-order valence-corrected chi connectivity index (χ0v) is 21.7. The van der Waals surface area contributed by atoms with Crippen molar-refractivity contribution < 1.29 is 10.0 Å². The summed E-state index contributed by atoms with van der Waals surface area (Å²) in [5.41, 5.74) is 10.8. The minimum absolute atomic E-state index is 0.200. The Labute approximate surface area is 221 Å². The molecule has 2 unspecified atom stereocenters. The maximum atomic E-state index is 11.4. The Morgan fingerprint density at radius 3 is 1.62 bits per heavy atom. The van der Waals surface area contributed by atoms with Crippen LogP contribution in [0.2, 0.25) is 0 Å². The number of hydrogen-bond donors (Lipinski definition) is 2. The predicted molar refractivity (Wildman–Crippen MR) is 151 cm³/mol. The van der Waals surface area contributed by atoms with E-state index in [2.05, 4.69) is 47.6 Å². The minimum Gasteiger partial charge on any atom is -0.411 e. The van der Waals surface area contributed by atoms with E-state index in [9.17, 15) is 4.79 Å². The minimum atomic E-state index is 0.200. The molecule has 6 rings (SSSR count). The Balaban J connectivity index is 0.000000130. The third-order valence-corrected chi connectivity index (χ3v) is 7.96. The first-order valence-electron chi connectivity index (χ1n) is 13.8. The molecule has 0 aromatic heterocycles. The van der Waals surface area contributed by atoms with E-state index >= 15 is 0 Å². The molecule has 0 heterocycles. The standard InChI is InChI=1S/C11H13NO.C11H15N.C11H12O/c13-12-11-8-4-7-10(11)9-5-2-1-3-6-9;2*12-11-8-4-7-10(11)9-5-2-1-3-6-9/h1-3,5-6,10,13H,4,7-8H2;1-3,5-6,10-11H,4,7-8,12H2;1-3,5-6,10H,4,7-8H2/b12-11+;;/t;10-,11-;/m.1./s1. The van der Waals surface area contributed by atoms with E-state index < -0.39 is 0 Å². The summed E-state index contributed by atoms with van der Waals surface area (Å²) in [5.74, 6) is 1.59. The molecule has 3 aliphatic carbocycles. The summed E-state index contributed by atoms with van der Waals surface area (Å²) in [4.78, 5) is 11.4. The average molecular weight is 497 g/mol. The molecule has 0 radical (unpaired) electrons. The van der Waals surface area contributed by atoms with Gasteiger partial charge in [-0.15, -0.1) is 0 Å². The molecule has 0 saturated heterocycles. The lowest BCUT2D eigenvalue weighted by Crippen LogP contribution is -2.22. The number of rotatable bonds is 3. The highest BCUT2D eigenvalue weighted by atomic mass is 16.4. The number of ketones is 1. The first kappa shape index (κ1) is 26.8. The van der Waals surface area contributed by atoms with Crippen molar-refractivity contribution >= 4 is 11.5 Å². The van der Waals surface area contributed by atoms with Crippen LogP contribution in [-0.4, -0.2) is 22.7 Å². The van der Waals surface area contributed by atoms with Gasteiger partial charge in [0.15, 0.2) is 0 Å². The van der Waals surface area contributed by atoms with Crippen LogP contribution in [-0.2, 0) is 4.79 Å². The molecule has 4 nitrogen and oxygen atoms in total. The van der Waals surface area contributed by atoms with Gasteiger partial charge in [-0.1, -0.05) is 103 Å². The van der Waals surface area contributed by atoms with Crippen LogP contribution in [0, 0.1) is 0 Å². The summed E-state index contributed by atoms with van der Waals surface area (Å²) in [6, 6.07) is 31.4. The van der Waals surface area contributed by atoms with Crippen LogP contribution in [0.15, 0.2) is 96.2 Å². The van der Waals surface area contributed by atoms with Gasteiger partial charge in [0, 0.05) is 24.3 Å². The first-order chi connectivity index (χ1) is 18.2. The van der Waals surface area contributed by atoms with Gasteiger partial charge in [-0.2, -0.15) is 0 Å². The number of Topliss-reactive ketones (excluding diaryl/α,β-unsaturated/α-hetero) is 1. The molecule has 0 bridgehead atoms. The lowest BCUT2D eigenvalue weighted by molar-refractivity contribution is -0.118. The fraction of sp³-hybridized carbons (Fsp3) is 0.394. The number of oxime groups is 1. The van der Waals surface area contributed by atoms with Crippen molar-refractivity contribution in [2.75, 3.05) is 0 Å². The molecule has 3 N–H and O–H groups in total. The number of carbonyl (C=O) groups is 1. The van der Waals surface area contributed by atoms with Crippen LogP contribution < -0.4 is 5.73 Å². The van der Waals surface area contributed by atoms with Crippen LogP contribution in [0.25, 0.3) is 0 Å². The van der Waals surface area contributed by atoms with Crippen molar-refractivity contribution in [3.05, 3.63) is 108 Å². The normalized spacial score (nSPS) is 25.8. The van der Waals surface area contributed by atoms with Crippen LogP contribution in [0.5, 0.6) is 0 Å². The molecule has 37 heavy (non-hydrogen) atoms. The Morgan fingerprint density at radius 2 is 1.14 bits per heavy atom. The van der Waals surface area contributed by atoms with Crippen molar-refractivity contribution in [2.45, 2.75) is 81.6 Å². The Kier molecular flexibility index (Phi) is 10.1. The van der Waals surface area contributed by atoms with Crippen LogP contribution in [0.4, 0.5) is 0 Å². The third-order valence-electron chi connectivity index (χ3n) is 7.96. The summed E-state index contributed by atoms with van der Waals surface area (Å²) in [5, 5.41) is 12.1. The van der Waals surface area contributed by atoms with Crippen molar-refractivity contribution in [3.8, 4) is 0 Å². The van der Waals surface area contributed by atoms with E-state index in [1.165, 1.54) is 36.0 Å². The predicted octanol–water partition coefficient (Wildman–Crippen LogP) is 7.59. The molecule has 3 aromatic rings. The van der Waals surface area contributed by atoms with Crippen molar-refractivity contribution in [2.24, 2.45) is 10.9 Å². The van der Waals surface area contributed by atoms with Crippen molar-refractivity contribution in [3.63, 3.8) is 0 Å². The van der Waals surface area contributed by atoms with Gasteiger partial charge < -0.3 is 10.9 Å². The lowest BCUT2D eigenvalue weighted by atomic mass is 9.95. The summed E-state index contributed by atoms with van der Waals surface area (Å²) < 4.78 is 0. The molecule has 0 amide bonds. The molecular formula is C33H40N2O2. The highest BCUT2D eigenvalue weighted by Crippen LogP contribution is 2.33. The fourth-order valence-corrected chi connectivity index (χ4v) is 5.95.